The summed E-state index contributed by atoms with van der Waals surface area (Å²) in [4.78, 5) is 16.3. The highest BCUT2D eigenvalue weighted by Crippen LogP contribution is 2.51. The van der Waals surface area contributed by atoms with Crippen LogP contribution in [0, 0.1) is 5.41 Å². The fourth-order valence-corrected chi connectivity index (χ4v) is 3.73. The Morgan fingerprint density at radius 3 is 2.75 bits per heavy atom. The molecule has 2 atom stereocenters. The van der Waals surface area contributed by atoms with E-state index in [-0.39, 0.29) is 6.61 Å². The predicted octanol–water partition coefficient (Wildman–Crippen LogP) is 1.53. The van der Waals surface area contributed by atoms with Gasteiger partial charge in [0.2, 0.25) is 0 Å². The molecule has 148 valence electrons. The van der Waals surface area contributed by atoms with Crippen LogP contribution in [0.25, 0.3) is 5.70 Å². The van der Waals surface area contributed by atoms with E-state index in [2.05, 4.69) is 10.4 Å². The largest absolute Gasteiger partial charge is 0.493 e. The number of carboxylic acid groups (broad SMARTS) is 1. The Balaban J connectivity index is 1.72. The second-order valence-corrected chi connectivity index (χ2v) is 7.32. The lowest BCUT2D eigenvalue weighted by Crippen LogP contribution is -2.45. The summed E-state index contributed by atoms with van der Waals surface area (Å²) in [6.45, 7) is 1.46. The molecule has 0 spiro atoms. The molecule has 0 amide bonds. The standard InChI is InChI=1S/C20H23N3O5/c1-11(25)14-4-3-12(9-13(14)10-24)15-5-6-16(28-2)17-21-18(22-23(15)17)20(7-8-20)19(26)27/h3-6,9,11,18,22,24-25H,7-8,10H2,1-2H3,(H,26,27). The van der Waals surface area contributed by atoms with Crippen LogP contribution in [-0.4, -0.2) is 45.4 Å². The number of aliphatic hydroxyl groups is 2. The molecule has 2 aliphatic heterocycles. The number of methoxy groups -OCH3 is 1. The van der Waals surface area contributed by atoms with Crippen molar-refractivity contribution in [3.8, 4) is 0 Å². The number of fused-ring (bicyclic) bond motifs is 1. The topological polar surface area (TPSA) is 115 Å². The molecule has 0 aromatic heterocycles. The Kier molecular flexibility index (Phi) is 4.49. The zero-order valence-electron chi connectivity index (χ0n) is 15.7. The second-order valence-electron chi connectivity index (χ2n) is 7.32. The summed E-state index contributed by atoms with van der Waals surface area (Å²) >= 11 is 0. The van der Waals surface area contributed by atoms with Crippen LogP contribution in [0.4, 0.5) is 0 Å². The number of nitrogens with zero attached hydrogens (tertiary/aromatic N) is 2. The van der Waals surface area contributed by atoms with Gasteiger partial charge in [-0.05, 0) is 49.1 Å². The zero-order valence-corrected chi connectivity index (χ0v) is 15.7. The Labute approximate surface area is 162 Å². The number of nitrogens with one attached hydrogen (secondary N) is 1. The van der Waals surface area contributed by atoms with E-state index < -0.39 is 23.7 Å². The molecular formula is C20H23N3O5. The first-order chi connectivity index (χ1) is 13.4. The van der Waals surface area contributed by atoms with Crippen LogP contribution in [0.5, 0.6) is 0 Å². The van der Waals surface area contributed by atoms with Gasteiger partial charge in [-0.15, -0.1) is 0 Å². The van der Waals surface area contributed by atoms with Gasteiger partial charge in [0, 0.05) is 5.56 Å². The maximum absolute atomic E-state index is 11.7. The third-order valence-corrected chi connectivity index (χ3v) is 5.59. The lowest BCUT2D eigenvalue weighted by Gasteiger charge is -2.29. The Hall–Kier alpha value is -2.68. The molecular weight excluding hydrogens is 362 g/mol. The van der Waals surface area contributed by atoms with Crippen LogP contribution >= 0.6 is 0 Å². The summed E-state index contributed by atoms with van der Waals surface area (Å²) < 4.78 is 5.41. The van der Waals surface area contributed by atoms with Crippen molar-refractivity contribution in [1.29, 1.82) is 0 Å². The molecule has 4 N–H and O–H groups in total. The molecule has 2 unspecified atom stereocenters. The van der Waals surface area contributed by atoms with Gasteiger partial charge in [-0.3, -0.25) is 9.80 Å². The minimum Gasteiger partial charge on any atom is -0.493 e. The van der Waals surface area contributed by atoms with Crippen LogP contribution in [0.3, 0.4) is 0 Å². The fraction of sp³-hybridized carbons (Fsp3) is 0.400. The van der Waals surface area contributed by atoms with Crippen LogP contribution in [-0.2, 0) is 16.1 Å². The third-order valence-electron chi connectivity index (χ3n) is 5.59. The van der Waals surface area contributed by atoms with Gasteiger partial charge >= 0.3 is 5.97 Å². The Morgan fingerprint density at radius 2 is 2.18 bits per heavy atom. The molecule has 0 bridgehead atoms. The van der Waals surface area contributed by atoms with E-state index in [0.29, 0.717) is 35.6 Å². The molecule has 1 aromatic rings. The molecule has 1 fully saturated rings. The Bertz CT molecular complexity index is 914. The van der Waals surface area contributed by atoms with Crippen LogP contribution in [0.1, 0.15) is 42.6 Å². The molecule has 8 heteroatoms. The van der Waals surface area contributed by atoms with Gasteiger partial charge in [0.15, 0.2) is 11.6 Å². The molecule has 28 heavy (non-hydrogen) atoms. The van der Waals surface area contributed by atoms with E-state index in [4.69, 9.17) is 4.74 Å². The van der Waals surface area contributed by atoms with Crippen molar-refractivity contribution in [2.45, 2.75) is 38.6 Å². The van der Waals surface area contributed by atoms with E-state index in [9.17, 15) is 20.1 Å². The van der Waals surface area contributed by atoms with Crippen molar-refractivity contribution in [3.63, 3.8) is 0 Å². The monoisotopic (exact) mass is 385 g/mol. The summed E-state index contributed by atoms with van der Waals surface area (Å²) in [5, 5.41) is 30.9. The van der Waals surface area contributed by atoms with Gasteiger partial charge in [0.25, 0.3) is 0 Å². The Morgan fingerprint density at radius 1 is 1.43 bits per heavy atom. The molecule has 3 aliphatic rings. The lowest BCUT2D eigenvalue weighted by atomic mass is 9.98. The van der Waals surface area contributed by atoms with Crippen molar-refractivity contribution in [2.24, 2.45) is 10.4 Å². The zero-order chi connectivity index (χ0) is 20.1. The van der Waals surface area contributed by atoms with Crippen LogP contribution < -0.4 is 5.43 Å². The highest BCUT2D eigenvalue weighted by Gasteiger charge is 2.59. The van der Waals surface area contributed by atoms with Crippen molar-refractivity contribution < 1.29 is 24.9 Å². The van der Waals surface area contributed by atoms with Crippen LogP contribution in [0.2, 0.25) is 0 Å². The first-order valence-electron chi connectivity index (χ1n) is 9.17. The van der Waals surface area contributed by atoms with E-state index in [0.717, 1.165) is 11.3 Å². The lowest BCUT2D eigenvalue weighted by molar-refractivity contribution is -0.144. The van der Waals surface area contributed by atoms with Crippen molar-refractivity contribution in [2.75, 3.05) is 7.11 Å². The van der Waals surface area contributed by atoms with E-state index >= 15 is 0 Å². The summed E-state index contributed by atoms with van der Waals surface area (Å²) in [6, 6.07) is 5.46. The highest BCUT2D eigenvalue weighted by molar-refractivity contribution is 6.05. The molecule has 1 aromatic carbocycles. The average Bonchev–Trinajstić information content (AvgIpc) is 3.39. The number of aliphatic hydroxyl groups excluding tert-OH is 2. The van der Waals surface area contributed by atoms with Crippen LogP contribution in [0.15, 0.2) is 41.1 Å². The molecule has 8 nitrogen and oxygen atoms in total. The number of ether oxygens (including phenoxy) is 1. The summed E-state index contributed by atoms with van der Waals surface area (Å²) in [5.74, 6) is 0.220. The maximum Gasteiger partial charge on any atom is 0.313 e. The molecule has 4 rings (SSSR count). The maximum atomic E-state index is 11.7. The highest BCUT2D eigenvalue weighted by atomic mass is 16.5. The first-order valence-corrected chi connectivity index (χ1v) is 9.17. The van der Waals surface area contributed by atoms with E-state index in [1.54, 1.807) is 31.2 Å². The molecule has 1 saturated carbocycles. The number of hydrogen-bond acceptors (Lipinski definition) is 7. The number of hydrogen-bond donors (Lipinski definition) is 4. The third kappa shape index (κ3) is 2.81. The number of allylic oxidation sites excluding steroid dienone is 2. The molecule has 0 saturated heterocycles. The van der Waals surface area contributed by atoms with Gasteiger partial charge in [-0.1, -0.05) is 12.1 Å². The number of amidine groups is 1. The fourth-order valence-electron chi connectivity index (χ4n) is 3.73. The molecule has 2 heterocycles. The minimum absolute atomic E-state index is 0.195. The second kappa shape index (κ2) is 6.73. The number of rotatable bonds is 6. The average molecular weight is 385 g/mol. The van der Waals surface area contributed by atoms with Crippen molar-refractivity contribution in [1.82, 2.24) is 10.4 Å². The molecule has 0 radical (unpaired) electrons. The number of benzene rings is 1. The summed E-state index contributed by atoms with van der Waals surface area (Å²) in [7, 11) is 1.55. The number of aliphatic imine (C=N–C) groups is 1. The summed E-state index contributed by atoms with van der Waals surface area (Å²) in [5.41, 5.74) is 5.19. The van der Waals surface area contributed by atoms with E-state index in [1.807, 2.05) is 18.2 Å². The van der Waals surface area contributed by atoms with E-state index in [1.165, 1.54) is 0 Å². The SMILES string of the molecule is COC1=CC=C(c2ccc(C(C)O)c(CO)c2)N2NC(C3(C(=O)O)CC3)N=C12. The number of hydrazine groups is 1. The van der Waals surface area contributed by atoms with Gasteiger partial charge in [-0.25, -0.2) is 10.4 Å². The number of carboxylic acids is 1. The van der Waals surface area contributed by atoms with Gasteiger partial charge in [-0.2, -0.15) is 0 Å². The van der Waals surface area contributed by atoms with Gasteiger partial charge in [0.05, 0.1) is 25.5 Å². The first kappa shape index (κ1) is 18.7. The van der Waals surface area contributed by atoms with Gasteiger partial charge in [0.1, 0.15) is 11.6 Å². The van der Waals surface area contributed by atoms with Gasteiger partial charge < -0.3 is 20.1 Å². The predicted molar refractivity (Wildman–Crippen MR) is 102 cm³/mol. The molecule has 1 aliphatic carbocycles. The quantitative estimate of drug-likeness (QED) is 0.587. The van der Waals surface area contributed by atoms with Crippen molar-refractivity contribution >= 4 is 17.5 Å². The number of carbonyl (C=O) groups is 1. The minimum atomic E-state index is -0.888. The number of aliphatic carboxylic acids is 1. The normalized spacial score (nSPS) is 23.4. The van der Waals surface area contributed by atoms with Crippen molar-refractivity contribution in [3.05, 3.63) is 52.8 Å². The summed E-state index contributed by atoms with van der Waals surface area (Å²) in [6.07, 6.45) is 3.53. The smallest absolute Gasteiger partial charge is 0.313 e.